The van der Waals surface area contributed by atoms with Gasteiger partial charge in [-0.3, -0.25) is 4.90 Å². The van der Waals surface area contributed by atoms with Crippen molar-refractivity contribution in [3.05, 3.63) is 0 Å². The van der Waals surface area contributed by atoms with Crippen molar-refractivity contribution >= 4 is 0 Å². The Morgan fingerprint density at radius 3 is 2.24 bits per heavy atom. The van der Waals surface area contributed by atoms with Gasteiger partial charge in [-0.25, -0.2) is 0 Å². The molecule has 1 fully saturated rings. The van der Waals surface area contributed by atoms with Crippen molar-refractivity contribution in [3.8, 4) is 0 Å². The fourth-order valence-corrected chi connectivity index (χ4v) is 2.80. The molecule has 1 N–H and O–H groups in total. The fraction of sp³-hybridized carbons (Fsp3) is 1.00. The van der Waals surface area contributed by atoms with Gasteiger partial charge in [0.25, 0.3) is 0 Å². The van der Waals surface area contributed by atoms with Crippen LogP contribution in [-0.2, 0) is 0 Å². The monoisotopic (exact) mass is 240 g/mol. The van der Waals surface area contributed by atoms with Crippen LogP contribution in [0.15, 0.2) is 0 Å². The predicted octanol–water partition coefficient (Wildman–Crippen LogP) is 3.13. The third kappa shape index (κ3) is 5.39. The molecular formula is C15H32N2. The topological polar surface area (TPSA) is 15.3 Å². The zero-order valence-corrected chi connectivity index (χ0v) is 12.3. The van der Waals surface area contributed by atoms with Gasteiger partial charge in [0.15, 0.2) is 0 Å². The lowest BCUT2D eigenvalue weighted by molar-refractivity contribution is 0.125. The second-order valence-electron chi connectivity index (χ2n) is 6.00. The summed E-state index contributed by atoms with van der Waals surface area (Å²) in [5.41, 5.74) is 0. The van der Waals surface area contributed by atoms with E-state index in [1.807, 2.05) is 0 Å². The Balaban J connectivity index is 2.25. The van der Waals surface area contributed by atoms with Crippen molar-refractivity contribution < 1.29 is 0 Å². The summed E-state index contributed by atoms with van der Waals surface area (Å²) in [6.07, 6.45) is 5.48. The molecule has 0 bridgehead atoms. The summed E-state index contributed by atoms with van der Waals surface area (Å²) in [7, 11) is 0. The van der Waals surface area contributed by atoms with Crippen LogP contribution in [0, 0.1) is 11.8 Å². The summed E-state index contributed by atoms with van der Waals surface area (Å²) in [6.45, 7) is 14.2. The average molecular weight is 240 g/mol. The van der Waals surface area contributed by atoms with E-state index in [0.29, 0.717) is 0 Å². The van der Waals surface area contributed by atoms with Crippen LogP contribution in [0.4, 0.5) is 0 Å². The summed E-state index contributed by atoms with van der Waals surface area (Å²) in [6, 6.07) is 0.756. The maximum atomic E-state index is 3.62. The van der Waals surface area contributed by atoms with Gasteiger partial charge in [-0.05, 0) is 50.7 Å². The van der Waals surface area contributed by atoms with Crippen molar-refractivity contribution in [1.82, 2.24) is 10.2 Å². The van der Waals surface area contributed by atoms with Crippen molar-refractivity contribution in [1.29, 1.82) is 0 Å². The van der Waals surface area contributed by atoms with Gasteiger partial charge in [0.2, 0.25) is 0 Å². The zero-order chi connectivity index (χ0) is 12.7. The van der Waals surface area contributed by atoms with Gasteiger partial charge in [-0.1, -0.05) is 34.1 Å². The van der Waals surface area contributed by atoms with E-state index in [4.69, 9.17) is 0 Å². The van der Waals surface area contributed by atoms with Crippen molar-refractivity contribution in [2.75, 3.05) is 26.2 Å². The Hall–Kier alpha value is -0.0800. The first-order valence-electron chi connectivity index (χ1n) is 7.62. The number of hydrogen-bond acceptors (Lipinski definition) is 2. The maximum Gasteiger partial charge on any atom is 0.0218 e. The third-order valence-electron chi connectivity index (χ3n) is 4.15. The van der Waals surface area contributed by atoms with Crippen molar-refractivity contribution in [2.45, 2.75) is 59.4 Å². The first-order valence-corrected chi connectivity index (χ1v) is 7.62. The van der Waals surface area contributed by atoms with Gasteiger partial charge in [0.1, 0.15) is 0 Å². The van der Waals surface area contributed by atoms with Crippen molar-refractivity contribution in [3.63, 3.8) is 0 Å². The Morgan fingerprint density at radius 2 is 1.76 bits per heavy atom. The molecular weight excluding hydrogens is 208 g/mol. The molecule has 0 spiro atoms. The molecule has 1 atom stereocenters. The molecule has 0 aromatic carbocycles. The zero-order valence-electron chi connectivity index (χ0n) is 12.3. The van der Waals surface area contributed by atoms with Crippen LogP contribution in [-0.4, -0.2) is 37.1 Å². The van der Waals surface area contributed by atoms with Crippen LogP contribution in [0.2, 0.25) is 0 Å². The minimum atomic E-state index is 0.756. The van der Waals surface area contributed by atoms with Gasteiger partial charge in [-0.15, -0.1) is 0 Å². The van der Waals surface area contributed by atoms with E-state index >= 15 is 0 Å². The number of nitrogens with zero attached hydrogens (tertiary/aromatic N) is 1. The number of hydrogen-bond donors (Lipinski definition) is 1. The van der Waals surface area contributed by atoms with E-state index < -0.39 is 0 Å². The number of nitrogens with one attached hydrogen (secondary N) is 1. The lowest BCUT2D eigenvalue weighted by Gasteiger charge is -2.37. The summed E-state index contributed by atoms with van der Waals surface area (Å²) in [5, 5.41) is 3.62. The molecule has 2 heteroatoms. The van der Waals surface area contributed by atoms with Gasteiger partial charge < -0.3 is 5.32 Å². The second-order valence-corrected chi connectivity index (χ2v) is 6.00. The molecule has 1 unspecified atom stereocenters. The molecule has 1 aliphatic rings. The molecule has 102 valence electrons. The molecule has 0 aromatic rings. The number of rotatable bonds is 7. The Labute approximate surface area is 108 Å². The number of likely N-dealkylation sites (tertiary alicyclic amines) is 1. The van der Waals surface area contributed by atoms with Gasteiger partial charge in [0.05, 0.1) is 0 Å². The third-order valence-corrected chi connectivity index (χ3v) is 4.15. The maximum absolute atomic E-state index is 3.62. The molecule has 1 saturated heterocycles. The van der Waals surface area contributed by atoms with Crippen LogP contribution in [0.3, 0.4) is 0 Å². The molecule has 1 heterocycles. The highest BCUT2D eigenvalue weighted by molar-refractivity contribution is 4.79. The summed E-state index contributed by atoms with van der Waals surface area (Å²) >= 11 is 0. The number of piperidine rings is 1. The standard InChI is InChI=1S/C15H32N2/c1-5-14-7-9-17(10-8-14)15(6-2)12-16-11-13(3)4/h13-16H,5-12H2,1-4H3. The smallest absolute Gasteiger partial charge is 0.0218 e. The SMILES string of the molecule is CCC1CCN(C(CC)CNCC(C)C)CC1. The van der Waals surface area contributed by atoms with Crippen LogP contribution in [0.1, 0.15) is 53.4 Å². The summed E-state index contributed by atoms with van der Waals surface area (Å²) < 4.78 is 0. The summed E-state index contributed by atoms with van der Waals surface area (Å²) in [5.74, 6) is 1.76. The van der Waals surface area contributed by atoms with E-state index in [-0.39, 0.29) is 0 Å². The fourth-order valence-electron chi connectivity index (χ4n) is 2.80. The summed E-state index contributed by atoms with van der Waals surface area (Å²) in [4.78, 5) is 2.71. The molecule has 0 saturated carbocycles. The second kappa shape index (κ2) is 8.10. The molecule has 0 amide bonds. The van der Waals surface area contributed by atoms with E-state index in [0.717, 1.165) is 24.4 Å². The first kappa shape index (κ1) is 15.0. The normalized spacial score (nSPS) is 21.0. The minimum absolute atomic E-state index is 0.756. The molecule has 2 nitrogen and oxygen atoms in total. The van der Waals surface area contributed by atoms with E-state index in [1.54, 1.807) is 0 Å². The van der Waals surface area contributed by atoms with Crippen LogP contribution >= 0.6 is 0 Å². The molecule has 1 aliphatic heterocycles. The van der Waals surface area contributed by atoms with E-state index in [9.17, 15) is 0 Å². The highest BCUT2D eigenvalue weighted by Crippen LogP contribution is 2.22. The Bertz CT molecular complexity index is 183. The largest absolute Gasteiger partial charge is 0.315 e. The average Bonchev–Trinajstić information content (AvgIpc) is 2.34. The predicted molar refractivity (Wildman–Crippen MR) is 76.4 cm³/mol. The lowest BCUT2D eigenvalue weighted by Crippen LogP contribution is -2.46. The quantitative estimate of drug-likeness (QED) is 0.735. The molecule has 0 radical (unpaired) electrons. The Morgan fingerprint density at radius 1 is 1.12 bits per heavy atom. The highest BCUT2D eigenvalue weighted by atomic mass is 15.2. The molecule has 0 aliphatic carbocycles. The van der Waals surface area contributed by atoms with Gasteiger partial charge in [-0.2, -0.15) is 0 Å². The van der Waals surface area contributed by atoms with Crippen molar-refractivity contribution in [2.24, 2.45) is 11.8 Å². The van der Waals surface area contributed by atoms with E-state index in [1.165, 1.54) is 45.3 Å². The lowest BCUT2D eigenvalue weighted by atomic mass is 9.93. The molecule has 1 rings (SSSR count). The van der Waals surface area contributed by atoms with Crippen LogP contribution < -0.4 is 5.32 Å². The Kier molecular flexibility index (Phi) is 7.14. The highest BCUT2D eigenvalue weighted by Gasteiger charge is 2.22. The molecule has 0 aromatic heterocycles. The van der Waals surface area contributed by atoms with Crippen LogP contribution in [0.25, 0.3) is 0 Å². The van der Waals surface area contributed by atoms with E-state index in [2.05, 4.69) is 37.9 Å². The van der Waals surface area contributed by atoms with Gasteiger partial charge >= 0.3 is 0 Å². The van der Waals surface area contributed by atoms with Gasteiger partial charge in [0, 0.05) is 12.6 Å². The van der Waals surface area contributed by atoms with Crippen LogP contribution in [0.5, 0.6) is 0 Å². The molecule has 17 heavy (non-hydrogen) atoms. The first-order chi connectivity index (χ1) is 8.17. The minimum Gasteiger partial charge on any atom is -0.315 e.